The maximum absolute atomic E-state index is 12.8. The predicted molar refractivity (Wildman–Crippen MR) is 109 cm³/mol. The lowest BCUT2D eigenvalue weighted by molar-refractivity contribution is -0.384. The lowest BCUT2D eigenvalue weighted by atomic mass is 10.0. The molecule has 0 N–H and O–H groups in total. The van der Waals surface area contributed by atoms with Crippen LogP contribution in [0.1, 0.15) is 29.3 Å². The molecule has 0 aliphatic rings. The number of hydrogen-bond acceptors (Lipinski definition) is 4. The van der Waals surface area contributed by atoms with Crippen molar-refractivity contribution in [2.24, 2.45) is 0 Å². The summed E-state index contributed by atoms with van der Waals surface area (Å²) in [7, 11) is 1.69. The first-order valence-corrected chi connectivity index (χ1v) is 9.14. The van der Waals surface area contributed by atoms with Crippen molar-refractivity contribution >= 4 is 22.4 Å². The standard InChI is InChI=1S/C22H22N2O4/c1-3-13-28-21-12-11-16-7-4-5-10-19(16)20(21)15-23(2)22(25)17-8-6-9-18(14-17)24(26)27/h4-12,14H,3,13,15H2,1-2H3. The molecule has 0 aromatic heterocycles. The van der Waals surface area contributed by atoms with Crippen molar-refractivity contribution < 1.29 is 14.5 Å². The van der Waals surface area contributed by atoms with Gasteiger partial charge in [0.25, 0.3) is 11.6 Å². The summed E-state index contributed by atoms with van der Waals surface area (Å²) in [6.07, 6.45) is 0.884. The van der Waals surface area contributed by atoms with Gasteiger partial charge in [-0.3, -0.25) is 14.9 Å². The van der Waals surface area contributed by atoms with Gasteiger partial charge in [-0.1, -0.05) is 43.3 Å². The summed E-state index contributed by atoms with van der Waals surface area (Å²) >= 11 is 0. The predicted octanol–water partition coefficient (Wildman–Crippen LogP) is 4.81. The van der Waals surface area contributed by atoms with E-state index in [1.807, 2.05) is 43.3 Å². The number of nitrogens with zero attached hydrogens (tertiary/aromatic N) is 2. The van der Waals surface area contributed by atoms with E-state index in [0.717, 1.165) is 28.5 Å². The average molecular weight is 378 g/mol. The summed E-state index contributed by atoms with van der Waals surface area (Å²) in [5.41, 5.74) is 1.11. The Morgan fingerprint density at radius 3 is 2.64 bits per heavy atom. The number of nitro benzene ring substituents is 1. The second-order valence-corrected chi connectivity index (χ2v) is 6.58. The van der Waals surface area contributed by atoms with Crippen molar-refractivity contribution in [2.75, 3.05) is 13.7 Å². The van der Waals surface area contributed by atoms with Gasteiger partial charge in [0.1, 0.15) is 5.75 Å². The van der Waals surface area contributed by atoms with E-state index in [4.69, 9.17) is 4.74 Å². The molecule has 0 aliphatic heterocycles. The Bertz CT molecular complexity index is 1020. The molecule has 0 saturated carbocycles. The van der Waals surface area contributed by atoms with Gasteiger partial charge in [-0.05, 0) is 29.3 Å². The van der Waals surface area contributed by atoms with Crippen LogP contribution in [0.5, 0.6) is 5.75 Å². The third kappa shape index (κ3) is 4.11. The van der Waals surface area contributed by atoms with E-state index in [1.165, 1.54) is 18.2 Å². The van der Waals surface area contributed by atoms with Gasteiger partial charge in [0.2, 0.25) is 0 Å². The van der Waals surface area contributed by atoms with Crippen molar-refractivity contribution in [1.29, 1.82) is 0 Å². The Labute approximate surface area is 163 Å². The second-order valence-electron chi connectivity index (χ2n) is 6.58. The van der Waals surface area contributed by atoms with Gasteiger partial charge < -0.3 is 9.64 Å². The van der Waals surface area contributed by atoms with Gasteiger partial charge in [-0.25, -0.2) is 0 Å². The summed E-state index contributed by atoms with van der Waals surface area (Å²) in [5, 5.41) is 13.1. The lowest BCUT2D eigenvalue weighted by Crippen LogP contribution is -2.26. The van der Waals surface area contributed by atoms with E-state index in [2.05, 4.69) is 0 Å². The molecule has 6 heteroatoms. The molecule has 144 valence electrons. The number of hydrogen-bond donors (Lipinski definition) is 0. The van der Waals surface area contributed by atoms with Crippen molar-refractivity contribution in [3.63, 3.8) is 0 Å². The van der Waals surface area contributed by atoms with Crippen LogP contribution in [0.15, 0.2) is 60.7 Å². The highest BCUT2D eigenvalue weighted by molar-refractivity contribution is 5.95. The third-order valence-corrected chi connectivity index (χ3v) is 4.51. The fourth-order valence-corrected chi connectivity index (χ4v) is 3.11. The number of carbonyl (C=O) groups is 1. The molecule has 3 aromatic carbocycles. The highest BCUT2D eigenvalue weighted by Gasteiger charge is 2.18. The summed E-state index contributed by atoms with van der Waals surface area (Å²) in [4.78, 5) is 24.9. The molecule has 0 fully saturated rings. The molecule has 0 spiro atoms. The monoisotopic (exact) mass is 378 g/mol. The molecular formula is C22H22N2O4. The summed E-state index contributed by atoms with van der Waals surface area (Å²) in [6.45, 7) is 2.97. The minimum atomic E-state index is -0.502. The Balaban J connectivity index is 1.93. The molecule has 0 atom stereocenters. The topological polar surface area (TPSA) is 72.7 Å². The molecule has 3 rings (SSSR count). The highest BCUT2D eigenvalue weighted by Crippen LogP contribution is 2.30. The molecule has 28 heavy (non-hydrogen) atoms. The van der Waals surface area contributed by atoms with Crippen LogP contribution in [-0.2, 0) is 6.54 Å². The molecule has 0 aliphatic carbocycles. The van der Waals surface area contributed by atoms with Crippen molar-refractivity contribution in [3.8, 4) is 5.75 Å². The van der Waals surface area contributed by atoms with Crippen LogP contribution in [0.2, 0.25) is 0 Å². The van der Waals surface area contributed by atoms with Gasteiger partial charge >= 0.3 is 0 Å². The summed E-state index contributed by atoms with van der Waals surface area (Å²) < 4.78 is 5.90. The molecule has 6 nitrogen and oxygen atoms in total. The molecule has 3 aromatic rings. The van der Waals surface area contributed by atoms with Crippen LogP contribution >= 0.6 is 0 Å². The fraction of sp³-hybridized carbons (Fsp3) is 0.227. The zero-order valence-electron chi connectivity index (χ0n) is 15.9. The number of rotatable bonds is 7. The van der Waals surface area contributed by atoms with Crippen LogP contribution in [-0.4, -0.2) is 29.4 Å². The number of fused-ring (bicyclic) bond motifs is 1. The highest BCUT2D eigenvalue weighted by atomic mass is 16.6. The molecule has 0 heterocycles. The largest absolute Gasteiger partial charge is 0.493 e. The van der Waals surface area contributed by atoms with Gasteiger partial charge in [0.15, 0.2) is 0 Å². The first-order valence-electron chi connectivity index (χ1n) is 9.14. The summed E-state index contributed by atoms with van der Waals surface area (Å²) in [5.74, 6) is 0.470. The molecule has 0 bridgehead atoms. The van der Waals surface area contributed by atoms with E-state index in [-0.39, 0.29) is 17.2 Å². The van der Waals surface area contributed by atoms with Crippen LogP contribution in [0.4, 0.5) is 5.69 Å². The van der Waals surface area contributed by atoms with Gasteiger partial charge in [-0.2, -0.15) is 0 Å². The number of nitro groups is 1. The van der Waals surface area contributed by atoms with Gasteiger partial charge in [-0.15, -0.1) is 0 Å². The fourth-order valence-electron chi connectivity index (χ4n) is 3.11. The number of carbonyl (C=O) groups excluding carboxylic acids is 1. The minimum Gasteiger partial charge on any atom is -0.493 e. The summed E-state index contributed by atoms with van der Waals surface area (Å²) in [6, 6.07) is 17.7. The molecule has 1 amide bonds. The van der Waals surface area contributed by atoms with Crippen molar-refractivity contribution in [1.82, 2.24) is 4.90 Å². The smallest absolute Gasteiger partial charge is 0.270 e. The zero-order valence-corrected chi connectivity index (χ0v) is 15.9. The average Bonchev–Trinajstić information content (AvgIpc) is 2.72. The first-order chi connectivity index (χ1) is 13.5. The molecule has 0 unspecified atom stereocenters. The third-order valence-electron chi connectivity index (χ3n) is 4.51. The quantitative estimate of drug-likeness (QED) is 0.437. The van der Waals surface area contributed by atoms with Crippen molar-refractivity contribution in [3.05, 3.63) is 81.9 Å². The van der Waals surface area contributed by atoms with Gasteiger partial charge in [0.05, 0.1) is 11.5 Å². The first kappa shape index (κ1) is 19.4. The van der Waals surface area contributed by atoms with E-state index < -0.39 is 4.92 Å². The zero-order chi connectivity index (χ0) is 20.1. The minimum absolute atomic E-state index is 0.101. The number of non-ortho nitro benzene ring substituents is 1. The number of ether oxygens (including phenoxy) is 1. The normalized spacial score (nSPS) is 10.6. The van der Waals surface area contributed by atoms with Gasteiger partial charge in [0, 0.05) is 36.9 Å². The van der Waals surface area contributed by atoms with Crippen molar-refractivity contribution in [2.45, 2.75) is 19.9 Å². The number of amides is 1. The van der Waals surface area contributed by atoms with Crippen LogP contribution in [0.25, 0.3) is 10.8 Å². The van der Waals surface area contributed by atoms with E-state index >= 15 is 0 Å². The maximum atomic E-state index is 12.8. The second kappa shape index (κ2) is 8.52. The lowest BCUT2D eigenvalue weighted by Gasteiger charge is -2.21. The van der Waals surface area contributed by atoms with Crippen LogP contribution in [0.3, 0.4) is 0 Å². The Kier molecular flexibility index (Phi) is 5.89. The SMILES string of the molecule is CCCOc1ccc2ccccc2c1CN(C)C(=O)c1cccc([N+](=O)[O-])c1. The molecule has 0 saturated heterocycles. The number of benzene rings is 3. The van der Waals surface area contributed by atoms with E-state index in [0.29, 0.717) is 13.2 Å². The Morgan fingerprint density at radius 1 is 1.11 bits per heavy atom. The molecular weight excluding hydrogens is 356 g/mol. The van der Waals surface area contributed by atoms with Crippen LogP contribution in [0, 0.1) is 10.1 Å². The van der Waals surface area contributed by atoms with Crippen LogP contribution < -0.4 is 4.74 Å². The molecule has 0 radical (unpaired) electrons. The van der Waals surface area contributed by atoms with E-state index in [1.54, 1.807) is 18.0 Å². The Hall–Kier alpha value is -3.41. The maximum Gasteiger partial charge on any atom is 0.270 e. The van der Waals surface area contributed by atoms with E-state index in [9.17, 15) is 14.9 Å². The Morgan fingerprint density at radius 2 is 1.89 bits per heavy atom.